The molecule has 1 N–H and O–H groups in total. The van der Waals surface area contributed by atoms with Crippen LogP contribution >= 0.6 is 0 Å². The van der Waals surface area contributed by atoms with Gasteiger partial charge in [0.15, 0.2) is 0 Å². The molecular formula is C11H11NO5. The molecule has 0 aliphatic heterocycles. The third-order valence-electron chi connectivity index (χ3n) is 2.12. The Kier molecular flexibility index (Phi) is 3.82. The Morgan fingerprint density at radius 2 is 2.18 bits per heavy atom. The number of ether oxygens (including phenoxy) is 1. The van der Waals surface area contributed by atoms with Gasteiger partial charge in [-0.05, 0) is 6.07 Å². The largest absolute Gasteiger partial charge is 0.506 e. The van der Waals surface area contributed by atoms with Gasteiger partial charge in [-0.2, -0.15) is 0 Å². The van der Waals surface area contributed by atoms with Crippen molar-refractivity contribution in [2.75, 3.05) is 7.11 Å². The van der Waals surface area contributed by atoms with E-state index in [-0.39, 0.29) is 22.6 Å². The lowest BCUT2D eigenvalue weighted by atomic mass is 10.1. The average molecular weight is 237 g/mol. The molecule has 0 unspecified atom stereocenters. The summed E-state index contributed by atoms with van der Waals surface area (Å²) in [5, 5.41) is 20.2. The molecule has 0 saturated carbocycles. The topological polar surface area (TPSA) is 89.7 Å². The lowest BCUT2D eigenvalue weighted by molar-refractivity contribution is -0.422. The van der Waals surface area contributed by atoms with Crippen LogP contribution in [0.1, 0.15) is 22.8 Å². The minimum atomic E-state index is -0.698. The summed E-state index contributed by atoms with van der Waals surface area (Å²) in [6.45, 7) is 1.30. The molecule has 0 aliphatic carbocycles. The van der Waals surface area contributed by atoms with Crippen LogP contribution in [-0.4, -0.2) is 23.1 Å². The van der Waals surface area contributed by atoms with Crippen LogP contribution < -0.4 is 0 Å². The van der Waals surface area contributed by atoms with Crippen molar-refractivity contribution in [3.8, 4) is 5.75 Å². The van der Waals surface area contributed by atoms with Gasteiger partial charge >= 0.3 is 5.97 Å². The van der Waals surface area contributed by atoms with Gasteiger partial charge in [0.1, 0.15) is 11.3 Å². The van der Waals surface area contributed by atoms with E-state index >= 15 is 0 Å². The number of carbonyl (C=O) groups excluding carboxylic acids is 1. The molecule has 6 nitrogen and oxygen atoms in total. The van der Waals surface area contributed by atoms with Gasteiger partial charge in [0, 0.05) is 18.6 Å². The zero-order valence-corrected chi connectivity index (χ0v) is 9.34. The van der Waals surface area contributed by atoms with Crippen LogP contribution in [0.2, 0.25) is 0 Å². The molecule has 6 heteroatoms. The maximum atomic E-state index is 11.3. The molecular weight excluding hydrogens is 226 g/mol. The van der Waals surface area contributed by atoms with E-state index in [1.807, 2.05) is 0 Å². The number of rotatable bonds is 3. The molecule has 0 aliphatic rings. The van der Waals surface area contributed by atoms with Crippen molar-refractivity contribution in [1.29, 1.82) is 0 Å². The molecule has 0 amide bonds. The summed E-state index contributed by atoms with van der Waals surface area (Å²) >= 11 is 0. The maximum absolute atomic E-state index is 11.3. The average Bonchev–Trinajstić information content (AvgIpc) is 2.30. The Hall–Kier alpha value is -2.37. The lowest BCUT2D eigenvalue weighted by Gasteiger charge is -2.04. The lowest BCUT2D eigenvalue weighted by Crippen LogP contribution is -2.02. The summed E-state index contributed by atoms with van der Waals surface area (Å²) < 4.78 is 4.47. The Bertz CT molecular complexity index is 493. The molecule has 0 heterocycles. The van der Waals surface area contributed by atoms with Crippen LogP contribution in [0.5, 0.6) is 5.75 Å². The normalized spacial score (nSPS) is 11.1. The molecule has 1 aromatic rings. The van der Waals surface area contributed by atoms with Crippen molar-refractivity contribution in [1.82, 2.24) is 0 Å². The number of nitrogens with zero attached hydrogens (tertiary/aromatic N) is 1. The fourth-order valence-electron chi connectivity index (χ4n) is 1.23. The number of allylic oxidation sites excluding steroid dienone is 1. The number of nitro groups is 1. The van der Waals surface area contributed by atoms with E-state index in [0.717, 1.165) is 0 Å². The Balaban J connectivity index is 3.24. The smallest absolute Gasteiger partial charge is 0.341 e. The number of benzene rings is 1. The number of esters is 1. The third kappa shape index (κ3) is 2.81. The van der Waals surface area contributed by atoms with Crippen LogP contribution in [0, 0.1) is 10.1 Å². The summed E-state index contributed by atoms with van der Waals surface area (Å²) in [6, 6.07) is 4.35. The predicted octanol–water partition coefficient (Wildman–Crippen LogP) is 1.82. The molecule has 90 valence electrons. The Morgan fingerprint density at radius 3 is 2.71 bits per heavy atom. The zero-order chi connectivity index (χ0) is 13.0. The van der Waals surface area contributed by atoms with Crippen LogP contribution in [0.4, 0.5) is 0 Å². The molecule has 0 bridgehead atoms. The van der Waals surface area contributed by atoms with Crippen molar-refractivity contribution in [2.45, 2.75) is 6.92 Å². The summed E-state index contributed by atoms with van der Waals surface area (Å²) in [4.78, 5) is 21.1. The second-order valence-electron chi connectivity index (χ2n) is 3.28. The van der Waals surface area contributed by atoms with E-state index in [2.05, 4.69) is 4.74 Å². The fourth-order valence-corrected chi connectivity index (χ4v) is 1.23. The number of methoxy groups -OCH3 is 1. The summed E-state index contributed by atoms with van der Waals surface area (Å²) in [6.07, 6.45) is 1.18. The Labute approximate surface area is 97.3 Å². The first-order valence-electron chi connectivity index (χ1n) is 4.70. The highest BCUT2D eigenvalue weighted by Gasteiger charge is 2.14. The third-order valence-corrected chi connectivity index (χ3v) is 2.12. The number of phenols is 1. The molecule has 1 aromatic carbocycles. The van der Waals surface area contributed by atoms with E-state index in [9.17, 15) is 20.0 Å². The molecule has 0 aromatic heterocycles. The Morgan fingerprint density at radius 1 is 1.53 bits per heavy atom. The van der Waals surface area contributed by atoms with Crippen LogP contribution in [0.25, 0.3) is 6.08 Å². The van der Waals surface area contributed by atoms with Crippen molar-refractivity contribution in [3.63, 3.8) is 0 Å². The van der Waals surface area contributed by atoms with E-state index in [1.54, 1.807) is 0 Å². The second-order valence-corrected chi connectivity index (χ2v) is 3.28. The van der Waals surface area contributed by atoms with Crippen molar-refractivity contribution in [2.24, 2.45) is 0 Å². The van der Waals surface area contributed by atoms with E-state index in [0.29, 0.717) is 0 Å². The predicted molar refractivity (Wildman–Crippen MR) is 60.1 cm³/mol. The fraction of sp³-hybridized carbons (Fsp3) is 0.182. The first-order valence-corrected chi connectivity index (χ1v) is 4.70. The number of carbonyl (C=O) groups is 1. The van der Waals surface area contributed by atoms with Crippen molar-refractivity contribution in [3.05, 3.63) is 45.1 Å². The van der Waals surface area contributed by atoms with Gasteiger partial charge in [0.2, 0.25) is 5.70 Å². The highest BCUT2D eigenvalue weighted by molar-refractivity contribution is 5.93. The molecule has 0 saturated heterocycles. The van der Waals surface area contributed by atoms with Crippen LogP contribution in [-0.2, 0) is 4.74 Å². The minimum absolute atomic E-state index is 0.0302. The summed E-state index contributed by atoms with van der Waals surface area (Å²) in [5.41, 5.74) is 0.0295. The zero-order valence-electron chi connectivity index (χ0n) is 9.34. The SMILES string of the molecule is COC(=O)c1cccc(C=C(C)[N+](=O)[O-])c1O. The number of hydrogen-bond acceptors (Lipinski definition) is 5. The quantitative estimate of drug-likeness (QED) is 0.492. The first-order chi connectivity index (χ1) is 7.97. The molecule has 1 rings (SSSR count). The van der Waals surface area contributed by atoms with Gasteiger partial charge in [-0.25, -0.2) is 4.79 Å². The molecule has 0 radical (unpaired) electrons. The highest BCUT2D eigenvalue weighted by Crippen LogP contribution is 2.25. The van der Waals surface area contributed by atoms with Gasteiger partial charge in [0.05, 0.1) is 12.0 Å². The monoisotopic (exact) mass is 237 g/mol. The second kappa shape index (κ2) is 5.11. The van der Waals surface area contributed by atoms with Gasteiger partial charge in [-0.3, -0.25) is 10.1 Å². The first kappa shape index (κ1) is 12.7. The number of phenolic OH excluding ortho intramolecular Hbond substituents is 1. The standard InChI is InChI=1S/C11H11NO5/c1-7(12(15)16)6-8-4-3-5-9(10(8)13)11(14)17-2/h3-6,13H,1-2H3. The van der Waals surface area contributed by atoms with E-state index < -0.39 is 10.9 Å². The summed E-state index contributed by atoms with van der Waals surface area (Å²) in [5.74, 6) is -1.03. The van der Waals surface area contributed by atoms with Gasteiger partial charge in [-0.1, -0.05) is 12.1 Å². The number of para-hydroxylation sites is 1. The number of hydrogen-bond donors (Lipinski definition) is 1. The maximum Gasteiger partial charge on any atom is 0.341 e. The van der Waals surface area contributed by atoms with Gasteiger partial charge in [-0.15, -0.1) is 0 Å². The minimum Gasteiger partial charge on any atom is -0.506 e. The van der Waals surface area contributed by atoms with Gasteiger partial charge < -0.3 is 9.84 Å². The molecule has 17 heavy (non-hydrogen) atoms. The summed E-state index contributed by atoms with van der Waals surface area (Å²) in [7, 11) is 1.19. The van der Waals surface area contributed by atoms with E-state index in [1.165, 1.54) is 38.3 Å². The van der Waals surface area contributed by atoms with Crippen molar-refractivity contribution >= 4 is 12.0 Å². The highest BCUT2D eigenvalue weighted by atomic mass is 16.6. The molecule has 0 fully saturated rings. The van der Waals surface area contributed by atoms with Crippen LogP contribution in [0.15, 0.2) is 23.9 Å². The van der Waals surface area contributed by atoms with E-state index in [4.69, 9.17) is 0 Å². The molecule has 0 spiro atoms. The van der Waals surface area contributed by atoms with Crippen molar-refractivity contribution < 1.29 is 19.6 Å². The molecule has 0 atom stereocenters. The van der Waals surface area contributed by atoms with Gasteiger partial charge in [0.25, 0.3) is 0 Å². The van der Waals surface area contributed by atoms with Crippen LogP contribution in [0.3, 0.4) is 0 Å². The number of aromatic hydroxyl groups is 1.